The highest BCUT2D eigenvalue weighted by Crippen LogP contribution is 2.31. The average molecular weight is 489 g/mol. The first kappa shape index (κ1) is 23.7. The van der Waals surface area contributed by atoms with Crippen LogP contribution in [0.5, 0.6) is 11.5 Å². The molecule has 1 atom stereocenters. The second-order valence-corrected chi connectivity index (χ2v) is 8.72. The van der Waals surface area contributed by atoms with Crippen molar-refractivity contribution in [2.45, 2.75) is 12.6 Å². The molecular formula is C27H29FN6O2. The molecule has 0 saturated carbocycles. The molecule has 1 saturated heterocycles. The molecule has 36 heavy (non-hydrogen) atoms. The van der Waals surface area contributed by atoms with Gasteiger partial charge in [0.15, 0.2) is 5.82 Å². The van der Waals surface area contributed by atoms with Crippen molar-refractivity contribution in [2.75, 3.05) is 45.3 Å². The molecule has 1 aliphatic heterocycles. The van der Waals surface area contributed by atoms with Crippen LogP contribution in [-0.4, -0.2) is 65.5 Å². The van der Waals surface area contributed by atoms with Crippen LogP contribution in [0.1, 0.15) is 23.0 Å². The van der Waals surface area contributed by atoms with Crippen molar-refractivity contribution in [3.63, 3.8) is 0 Å². The number of aromatic nitrogens is 4. The molecule has 0 bridgehead atoms. The molecule has 1 aliphatic rings. The number of hydrogen-bond donors (Lipinski definition) is 0. The lowest BCUT2D eigenvalue weighted by Gasteiger charge is -2.40. The summed E-state index contributed by atoms with van der Waals surface area (Å²) in [4.78, 5) is 4.79. The number of halogens is 1. The molecule has 0 spiro atoms. The molecule has 1 fully saturated rings. The van der Waals surface area contributed by atoms with Crippen LogP contribution in [0.3, 0.4) is 0 Å². The third-order valence-electron chi connectivity index (χ3n) is 6.60. The van der Waals surface area contributed by atoms with Crippen molar-refractivity contribution in [1.29, 1.82) is 0 Å². The fourth-order valence-corrected chi connectivity index (χ4v) is 4.62. The highest BCUT2D eigenvalue weighted by atomic mass is 19.1. The third-order valence-corrected chi connectivity index (χ3v) is 6.60. The maximum absolute atomic E-state index is 13.4. The number of rotatable bonds is 8. The van der Waals surface area contributed by atoms with E-state index in [1.165, 1.54) is 17.8 Å². The molecule has 0 radical (unpaired) electrons. The Hall–Kier alpha value is -3.98. The van der Waals surface area contributed by atoms with E-state index >= 15 is 0 Å². The molecule has 1 aromatic heterocycles. The van der Waals surface area contributed by atoms with Crippen molar-refractivity contribution in [1.82, 2.24) is 25.1 Å². The summed E-state index contributed by atoms with van der Waals surface area (Å²) in [5.41, 5.74) is 3.20. The topological polar surface area (TPSA) is 68.5 Å². The first-order valence-corrected chi connectivity index (χ1v) is 11.9. The van der Waals surface area contributed by atoms with E-state index in [2.05, 4.69) is 49.6 Å². The number of benzene rings is 3. The van der Waals surface area contributed by atoms with Crippen LogP contribution in [0.25, 0.3) is 0 Å². The zero-order valence-electron chi connectivity index (χ0n) is 20.4. The summed E-state index contributed by atoms with van der Waals surface area (Å²) in [5.74, 6) is 2.14. The van der Waals surface area contributed by atoms with Crippen molar-refractivity contribution >= 4 is 5.69 Å². The Morgan fingerprint density at radius 1 is 0.806 bits per heavy atom. The largest absolute Gasteiger partial charge is 0.497 e. The summed E-state index contributed by atoms with van der Waals surface area (Å²) >= 11 is 0. The van der Waals surface area contributed by atoms with Gasteiger partial charge in [0.05, 0.1) is 26.8 Å². The predicted molar refractivity (Wildman–Crippen MR) is 135 cm³/mol. The molecule has 0 aliphatic carbocycles. The molecule has 0 N–H and O–H groups in total. The summed E-state index contributed by atoms with van der Waals surface area (Å²) in [5, 5.41) is 12.7. The van der Waals surface area contributed by atoms with Gasteiger partial charge in [-0.1, -0.05) is 24.3 Å². The first-order chi connectivity index (χ1) is 17.6. The summed E-state index contributed by atoms with van der Waals surface area (Å²) in [7, 11) is 3.34. The van der Waals surface area contributed by atoms with Crippen LogP contribution in [0.2, 0.25) is 0 Å². The molecule has 186 valence electrons. The molecule has 3 aromatic carbocycles. The second kappa shape index (κ2) is 10.7. The number of tetrazole rings is 1. The number of hydrogen-bond acceptors (Lipinski definition) is 7. The monoisotopic (exact) mass is 488 g/mol. The minimum Gasteiger partial charge on any atom is -0.497 e. The summed E-state index contributed by atoms with van der Waals surface area (Å²) in [6.45, 7) is 3.89. The molecule has 0 amide bonds. The van der Waals surface area contributed by atoms with E-state index in [0.29, 0.717) is 6.54 Å². The van der Waals surface area contributed by atoms with Gasteiger partial charge in [-0.2, -0.15) is 0 Å². The number of piperazine rings is 1. The Morgan fingerprint density at radius 2 is 1.42 bits per heavy atom. The van der Waals surface area contributed by atoms with Gasteiger partial charge in [0.1, 0.15) is 17.3 Å². The lowest BCUT2D eigenvalue weighted by Crippen LogP contribution is -2.48. The predicted octanol–water partition coefficient (Wildman–Crippen LogP) is 3.79. The van der Waals surface area contributed by atoms with Crippen LogP contribution in [0.4, 0.5) is 10.1 Å². The van der Waals surface area contributed by atoms with Gasteiger partial charge in [-0.15, -0.1) is 5.10 Å². The third kappa shape index (κ3) is 5.16. The van der Waals surface area contributed by atoms with Crippen LogP contribution in [-0.2, 0) is 6.54 Å². The van der Waals surface area contributed by atoms with E-state index in [1.807, 2.05) is 24.3 Å². The van der Waals surface area contributed by atoms with Gasteiger partial charge in [-0.3, -0.25) is 4.90 Å². The molecule has 2 heterocycles. The first-order valence-electron chi connectivity index (χ1n) is 11.9. The zero-order valence-corrected chi connectivity index (χ0v) is 20.4. The molecule has 9 heteroatoms. The summed E-state index contributed by atoms with van der Waals surface area (Å²) in [6.07, 6.45) is 0. The number of nitrogens with zero attached hydrogens (tertiary/aromatic N) is 6. The number of ether oxygens (including phenoxy) is 2. The van der Waals surface area contributed by atoms with Crippen LogP contribution in [0, 0.1) is 5.82 Å². The van der Waals surface area contributed by atoms with Gasteiger partial charge in [-0.25, -0.2) is 9.07 Å². The van der Waals surface area contributed by atoms with Crippen molar-refractivity contribution in [3.05, 3.63) is 95.6 Å². The number of methoxy groups -OCH3 is 2. The van der Waals surface area contributed by atoms with E-state index in [9.17, 15) is 4.39 Å². The normalized spacial score (nSPS) is 15.0. The summed E-state index contributed by atoms with van der Waals surface area (Å²) < 4.78 is 25.9. The molecule has 0 unspecified atom stereocenters. The van der Waals surface area contributed by atoms with Crippen LogP contribution >= 0.6 is 0 Å². The Morgan fingerprint density at radius 3 is 2.03 bits per heavy atom. The summed E-state index contributed by atoms with van der Waals surface area (Å²) in [6, 6.07) is 22.5. The van der Waals surface area contributed by atoms with Gasteiger partial charge in [0.25, 0.3) is 0 Å². The average Bonchev–Trinajstić information content (AvgIpc) is 3.38. The Labute approximate surface area is 209 Å². The smallest absolute Gasteiger partial charge is 0.173 e. The molecular weight excluding hydrogens is 459 g/mol. The second-order valence-electron chi connectivity index (χ2n) is 8.72. The van der Waals surface area contributed by atoms with Gasteiger partial charge in [0.2, 0.25) is 0 Å². The van der Waals surface area contributed by atoms with Gasteiger partial charge in [-0.05, 0) is 70.1 Å². The number of anilines is 1. The Balaban J connectivity index is 1.40. The van der Waals surface area contributed by atoms with E-state index in [0.717, 1.165) is 54.6 Å². The van der Waals surface area contributed by atoms with Gasteiger partial charge < -0.3 is 14.4 Å². The quantitative estimate of drug-likeness (QED) is 0.374. The van der Waals surface area contributed by atoms with Crippen LogP contribution < -0.4 is 14.4 Å². The zero-order chi connectivity index (χ0) is 24.9. The van der Waals surface area contributed by atoms with Crippen molar-refractivity contribution < 1.29 is 13.9 Å². The van der Waals surface area contributed by atoms with Gasteiger partial charge >= 0.3 is 0 Å². The van der Waals surface area contributed by atoms with Crippen molar-refractivity contribution in [2.24, 2.45) is 0 Å². The minimum atomic E-state index is -0.262. The lowest BCUT2D eigenvalue weighted by atomic mass is 10.0. The molecule has 8 nitrogen and oxygen atoms in total. The van der Waals surface area contributed by atoms with E-state index in [-0.39, 0.29) is 11.9 Å². The highest BCUT2D eigenvalue weighted by molar-refractivity contribution is 5.49. The standard InChI is InChI=1S/C27H29FN6O2/c1-35-24-11-5-21(6-12-24)26(27-29-30-31-34(27)19-20-3-7-22(28)8-4-20)33-17-15-32(16-18-33)23-9-13-25(36-2)14-10-23/h3-14,26H,15-19H2,1-2H3/t26-/m1/s1. The van der Waals surface area contributed by atoms with E-state index < -0.39 is 0 Å². The van der Waals surface area contributed by atoms with E-state index in [4.69, 9.17) is 9.47 Å². The highest BCUT2D eigenvalue weighted by Gasteiger charge is 2.31. The van der Waals surface area contributed by atoms with Crippen molar-refractivity contribution in [3.8, 4) is 11.5 Å². The van der Waals surface area contributed by atoms with Crippen LogP contribution in [0.15, 0.2) is 72.8 Å². The lowest BCUT2D eigenvalue weighted by molar-refractivity contribution is 0.201. The SMILES string of the molecule is COc1ccc([C@H](c2nnnn2Cc2ccc(F)cc2)N2CCN(c3ccc(OC)cc3)CC2)cc1. The Bertz CT molecular complexity index is 1250. The van der Waals surface area contributed by atoms with Gasteiger partial charge in [0, 0.05) is 31.9 Å². The molecule has 4 aromatic rings. The fraction of sp³-hybridized carbons (Fsp3) is 0.296. The maximum Gasteiger partial charge on any atom is 0.173 e. The fourth-order valence-electron chi connectivity index (χ4n) is 4.62. The minimum absolute atomic E-state index is 0.135. The molecule has 5 rings (SSSR count). The van der Waals surface area contributed by atoms with E-state index in [1.54, 1.807) is 31.0 Å². The Kier molecular flexibility index (Phi) is 7.08. The maximum atomic E-state index is 13.4.